The molecule has 1 aromatic carbocycles. The Bertz CT molecular complexity index is 697. The Kier molecular flexibility index (Phi) is 4.40. The van der Waals surface area contributed by atoms with E-state index in [9.17, 15) is 4.79 Å². The predicted octanol–water partition coefficient (Wildman–Crippen LogP) is 2.42. The Balaban J connectivity index is 1.41. The number of carbonyl (C=O) groups excluding carboxylic acids is 1. The van der Waals surface area contributed by atoms with Gasteiger partial charge in [0.05, 0.1) is 19.8 Å². The van der Waals surface area contributed by atoms with Crippen molar-refractivity contribution in [1.29, 1.82) is 0 Å². The lowest BCUT2D eigenvalue weighted by Gasteiger charge is -2.34. The summed E-state index contributed by atoms with van der Waals surface area (Å²) in [5.74, 6) is 2.07. The second-order valence-corrected chi connectivity index (χ2v) is 6.52. The maximum atomic E-state index is 12.5. The van der Waals surface area contributed by atoms with Gasteiger partial charge >= 0.3 is 0 Å². The van der Waals surface area contributed by atoms with Crippen LogP contribution in [0.5, 0.6) is 0 Å². The van der Waals surface area contributed by atoms with Crippen molar-refractivity contribution in [3.63, 3.8) is 0 Å². The van der Waals surface area contributed by atoms with Crippen LogP contribution in [0, 0.1) is 0 Å². The van der Waals surface area contributed by atoms with Gasteiger partial charge in [0.15, 0.2) is 11.6 Å². The number of morpholine rings is 1. The summed E-state index contributed by atoms with van der Waals surface area (Å²) >= 11 is 0. The quantitative estimate of drug-likeness (QED) is 0.759. The van der Waals surface area contributed by atoms with Crippen LogP contribution in [-0.4, -0.2) is 46.6 Å². The highest BCUT2D eigenvalue weighted by molar-refractivity contribution is 5.96. The molecule has 6 nitrogen and oxygen atoms in total. The number of Topliss-reactive ketones (excluding diaryl/α,β-unsaturated/α-hetero) is 1. The number of hydrogen-bond donors (Lipinski definition) is 0. The number of ether oxygens (including phenoxy) is 1. The van der Waals surface area contributed by atoms with E-state index in [0.29, 0.717) is 37.9 Å². The lowest BCUT2D eigenvalue weighted by atomic mass is 10.0. The molecular formula is C18H21N3O3. The largest absolute Gasteiger partial charge is 0.378 e. The van der Waals surface area contributed by atoms with Crippen LogP contribution < -0.4 is 0 Å². The predicted molar refractivity (Wildman–Crippen MR) is 86.7 cm³/mol. The smallest absolute Gasteiger partial charge is 0.229 e. The normalized spacial score (nSPS) is 21.8. The Morgan fingerprint density at radius 1 is 1.25 bits per heavy atom. The van der Waals surface area contributed by atoms with Gasteiger partial charge in [-0.15, -0.1) is 0 Å². The third-order valence-electron chi connectivity index (χ3n) is 4.62. The Morgan fingerprint density at radius 2 is 2.08 bits per heavy atom. The van der Waals surface area contributed by atoms with Gasteiger partial charge in [-0.05, 0) is 12.8 Å². The second kappa shape index (κ2) is 6.83. The number of carbonyl (C=O) groups is 1. The molecule has 1 aliphatic heterocycles. The molecule has 1 saturated heterocycles. The Labute approximate surface area is 140 Å². The summed E-state index contributed by atoms with van der Waals surface area (Å²) < 4.78 is 10.9. The fraction of sp³-hybridized carbons (Fsp3) is 0.500. The van der Waals surface area contributed by atoms with Crippen molar-refractivity contribution in [1.82, 2.24) is 15.0 Å². The van der Waals surface area contributed by atoms with Crippen LogP contribution in [-0.2, 0) is 11.3 Å². The molecule has 2 aliphatic rings. The fourth-order valence-corrected chi connectivity index (χ4v) is 3.05. The van der Waals surface area contributed by atoms with Crippen molar-refractivity contribution in [3.8, 4) is 0 Å². The molecule has 2 aromatic rings. The maximum absolute atomic E-state index is 12.5. The van der Waals surface area contributed by atoms with E-state index < -0.39 is 0 Å². The molecule has 1 atom stereocenters. The van der Waals surface area contributed by atoms with Gasteiger partial charge in [0.25, 0.3) is 0 Å². The highest BCUT2D eigenvalue weighted by atomic mass is 16.5. The van der Waals surface area contributed by atoms with Crippen molar-refractivity contribution in [2.24, 2.45) is 0 Å². The molecule has 126 valence electrons. The van der Waals surface area contributed by atoms with E-state index in [-0.39, 0.29) is 11.8 Å². The summed E-state index contributed by atoms with van der Waals surface area (Å²) in [5, 5.41) is 4.09. The van der Waals surface area contributed by atoms with E-state index in [1.807, 2.05) is 30.3 Å². The molecule has 4 rings (SSSR count). The zero-order valence-corrected chi connectivity index (χ0v) is 13.6. The number of rotatable bonds is 6. The Hall–Kier alpha value is -2.05. The zero-order chi connectivity index (χ0) is 16.4. The molecule has 0 radical (unpaired) electrons. The van der Waals surface area contributed by atoms with E-state index in [1.54, 1.807) is 0 Å². The van der Waals surface area contributed by atoms with Gasteiger partial charge in [-0.2, -0.15) is 4.98 Å². The van der Waals surface area contributed by atoms with Crippen molar-refractivity contribution < 1.29 is 14.1 Å². The van der Waals surface area contributed by atoms with Crippen LogP contribution in [0.3, 0.4) is 0 Å². The molecule has 1 aromatic heterocycles. The number of ketones is 1. The zero-order valence-electron chi connectivity index (χ0n) is 13.6. The lowest BCUT2D eigenvalue weighted by Crippen LogP contribution is -2.46. The summed E-state index contributed by atoms with van der Waals surface area (Å²) in [6.07, 6.45) is 2.73. The molecule has 2 fully saturated rings. The van der Waals surface area contributed by atoms with Crippen molar-refractivity contribution >= 4 is 5.78 Å². The van der Waals surface area contributed by atoms with Gasteiger partial charge in [-0.1, -0.05) is 35.5 Å². The average molecular weight is 327 g/mol. The van der Waals surface area contributed by atoms with Crippen LogP contribution in [0.15, 0.2) is 34.9 Å². The minimum atomic E-state index is 0.0503. The minimum Gasteiger partial charge on any atom is -0.378 e. The summed E-state index contributed by atoms with van der Waals surface area (Å²) in [6.45, 7) is 2.61. The molecule has 0 N–H and O–H groups in total. The maximum Gasteiger partial charge on any atom is 0.229 e. The summed E-state index contributed by atoms with van der Waals surface area (Å²) in [7, 11) is 0. The van der Waals surface area contributed by atoms with Crippen LogP contribution in [0.25, 0.3) is 0 Å². The van der Waals surface area contributed by atoms with Crippen molar-refractivity contribution in [3.05, 3.63) is 47.6 Å². The van der Waals surface area contributed by atoms with Gasteiger partial charge in [-0.3, -0.25) is 9.69 Å². The lowest BCUT2D eigenvalue weighted by molar-refractivity contribution is -0.0139. The summed E-state index contributed by atoms with van der Waals surface area (Å²) in [5.41, 5.74) is 0.749. The molecule has 2 heterocycles. The first-order chi connectivity index (χ1) is 11.8. The highest BCUT2D eigenvalue weighted by Crippen LogP contribution is 2.38. The van der Waals surface area contributed by atoms with E-state index in [0.717, 1.165) is 30.8 Å². The standard InChI is InChI=1S/C18H21N3O3/c22-16(13-4-2-1-3-5-13)10-15-12-23-9-8-21(15)11-17-19-18(24-20-17)14-6-7-14/h1-5,14-15H,6-12H2. The van der Waals surface area contributed by atoms with Gasteiger partial charge < -0.3 is 9.26 Å². The molecule has 1 unspecified atom stereocenters. The number of nitrogens with zero attached hydrogens (tertiary/aromatic N) is 3. The molecule has 1 saturated carbocycles. The average Bonchev–Trinajstić information content (AvgIpc) is 3.37. The third kappa shape index (κ3) is 3.55. The van der Waals surface area contributed by atoms with Crippen LogP contribution in [0.4, 0.5) is 0 Å². The van der Waals surface area contributed by atoms with E-state index in [2.05, 4.69) is 15.0 Å². The second-order valence-electron chi connectivity index (χ2n) is 6.52. The van der Waals surface area contributed by atoms with E-state index in [1.165, 1.54) is 0 Å². The minimum absolute atomic E-state index is 0.0503. The first-order valence-corrected chi connectivity index (χ1v) is 8.52. The van der Waals surface area contributed by atoms with Gasteiger partial charge in [-0.25, -0.2) is 0 Å². The first kappa shape index (κ1) is 15.5. The van der Waals surface area contributed by atoms with Crippen molar-refractivity contribution in [2.45, 2.75) is 37.8 Å². The molecular weight excluding hydrogens is 306 g/mol. The SMILES string of the molecule is O=C(CC1COCCN1Cc1noc(C2CC2)n1)c1ccccc1. The molecule has 6 heteroatoms. The first-order valence-electron chi connectivity index (χ1n) is 8.52. The van der Waals surface area contributed by atoms with Crippen LogP contribution in [0.2, 0.25) is 0 Å². The van der Waals surface area contributed by atoms with E-state index >= 15 is 0 Å². The molecule has 0 bridgehead atoms. The summed E-state index contributed by atoms with van der Waals surface area (Å²) in [6, 6.07) is 9.46. The summed E-state index contributed by atoms with van der Waals surface area (Å²) in [4.78, 5) is 19.2. The highest BCUT2D eigenvalue weighted by Gasteiger charge is 2.31. The number of aromatic nitrogens is 2. The van der Waals surface area contributed by atoms with Gasteiger partial charge in [0, 0.05) is 30.5 Å². The van der Waals surface area contributed by atoms with Crippen LogP contribution >= 0.6 is 0 Å². The number of benzene rings is 1. The third-order valence-corrected chi connectivity index (χ3v) is 4.62. The molecule has 0 spiro atoms. The molecule has 1 aliphatic carbocycles. The molecule has 24 heavy (non-hydrogen) atoms. The Morgan fingerprint density at radius 3 is 2.88 bits per heavy atom. The van der Waals surface area contributed by atoms with Crippen molar-refractivity contribution in [2.75, 3.05) is 19.8 Å². The topological polar surface area (TPSA) is 68.5 Å². The fourth-order valence-electron chi connectivity index (χ4n) is 3.05. The van der Waals surface area contributed by atoms with Gasteiger partial charge in [0.2, 0.25) is 5.89 Å². The monoisotopic (exact) mass is 327 g/mol. The van der Waals surface area contributed by atoms with Crippen LogP contribution in [0.1, 0.15) is 47.3 Å². The van der Waals surface area contributed by atoms with E-state index in [4.69, 9.17) is 9.26 Å². The number of hydrogen-bond acceptors (Lipinski definition) is 6. The van der Waals surface area contributed by atoms with Gasteiger partial charge in [0.1, 0.15) is 0 Å². The molecule has 0 amide bonds.